The summed E-state index contributed by atoms with van der Waals surface area (Å²) in [6, 6.07) is 0. The Hall–Kier alpha value is -0.340. The second kappa shape index (κ2) is 4.45. The summed E-state index contributed by atoms with van der Waals surface area (Å²) in [7, 11) is 0. The molecule has 0 spiro atoms. The van der Waals surface area contributed by atoms with Crippen LogP contribution in [0.2, 0.25) is 0 Å². The van der Waals surface area contributed by atoms with Crippen molar-refractivity contribution in [2.45, 2.75) is 45.3 Å². The standard InChI is InChI=1S/C12H21NO/c1-9-8-13-6-5-11(9)7-12-4-3-10(2)14-12/h7,9-10,12-13H,3-6,8H2,1-2H3/b11-7-. The predicted molar refractivity (Wildman–Crippen MR) is 58.3 cm³/mol. The number of rotatable bonds is 1. The maximum Gasteiger partial charge on any atom is 0.0763 e. The molecule has 2 nitrogen and oxygen atoms in total. The molecule has 2 aliphatic rings. The Labute approximate surface area is 86.7 Å². The monoisotopic (exact) mass is 195 g/mol. The van der Waals surface area contributed by atoms with Gasteiger partial charge in [-0.3, -0.25) is 0 Å². The molecule has 0 saturated carbocycles. The maximum absolute atomic E-state index is 5.82. The first-order valence-corrected chi connectivity index (χ1v) is 5.82. The minimum Gasteiger partial charge on any atom is -0.371 e. The van der Waals surface area contributed by atoms with Crippen LogP contribution in [0, 0.1) is 5.92 Å². The zero-order chi connectivity index (χ0) is 9.97. The van der Waals surface area contributed by atoms with Gasteiger partial charge in [-0.05, 0) is 38.6 Å². The minimum atomic E-state index is 0.403. The van der Waals surface area contributed by atoms with Gasteiger partial charge in [0.15, 0.2) is 0 Å². The van der Waals surface area contributed by atoms with E-state index >= 15 is 0 Å². The summed E-state index contributed by atoms with van der Waals surface area (Å²) in [5, 5.41) is 3.42. The molecule has 80 valence electrons. The molecule has 1 N–H and O–H groups in total. The van der Waals surface area contributed by atoms with Crippen molar-refractivity contribution in [3.8, 4) is 0 Å². The van der Waals surface area contributed by atoms with Crippen LogP contribution in [0.3, 0.4) is 0 Å². The van der Waals surface area contributed by atoms with Crippen LogP contribution in [-0.2, 0) is 4.74 Å². The van der Waals surface area contributed by atoms with Crippen molar-refractivity contribution in [3.05, 3.63) is 11.6 Å². The quantitative estimate of drug-likeness (QED) is 0.647. The highest BCUT2D eigenvalue weighted by atomic mass is 16.5. The highest BCUT2D eigenvalue weighted by Gasteiger charge is 2.22. The molecule has 0 aromatic carbocycles. The highest BCUT2D eigenvalue weighted by Crippen LogP contribution is 2.25. The second-order valence-corrected chi connectivity index (χ2v) is 4.66. The summed E-state index contributed by atoms with van der Waals surface area (Å²) in [5.74, 6) is 0.697. The maximum atomic E-state index is 5.82. The van der Waals surface area contributed by atoms with Crippen molar-refractivity contribution in [2.75, 3.05) is 13.1 Å². The fourth-order valence-electron chi connectivity index (χ4n) is 2.37. The summed E-state index contributed by atoms with van der Waals surface area (Å²) in [6.45, 7) is 6.74. The summed E-state index contributed by atoms with van der Waals surface area (Å²) in [4.78, 5) is 0. The molecule has 2 saturated heterocycles. The van der Waals surface area contributed by atoms with Gasteiger partial charge in [-0.2, -0.15) is 0 Å². The Morgan fingerprint density at radius 1 is 1.36 bits per heavy atom. The van der Waals surface area contributed by atoms with Gasteiger partial charge in [0.2, 0.25) is 0 Å². The number of hydrogen-bond acceptors (Lipinski definition) is 2. The molecular weight excluding hydrogens is 174 g/mol. The first kappa shape index (κ1) is 10.2. The molecule has 2 heterocycles. The lowest BCUT2D eigenvalue weighted by Crippen LogP contribution is -2.30. The average Bonchev–Trinajstić information content (AvgIpc) is 2.56. The third kappa shape index (κ3) is 2.37. The van der Waals surface area contributed by atoms with Gasteiger partial charge in [0.25, 0.3) is 0 Å². The first-order chi connectivity index (χ1) is 6.75. The van der Waals surface area contributed by atoms with Gasteiger partial charge in [0.05, 0.1) is 12.2 Å². The van der Waals surface area contributed by atoms with Gasteiger partial charge in [-0.25, -0.2) is 0 Å². The lowest BCUT2D eigenvalue weighted by atomic mass is 9.93. The van der Waals surface area contributed by atoms with Crippen LogP contribution in [0.15, 0.2) is 11.6 Å². The van der Waals surface area contributed by atoms with E-state index in [4.69, 9.17) is 4.74 Å². The van der Waals surface area contributed by atoms with E-state index in [1.165, 1.54) is 19.3 Å². The van der Waals surface area contributed by atoms with Crippen molar-refractivity contribution in [1.82, 2.24) is 5.32 Å². The fourth-order valence-corrected chi connectivity index (χ4v) is 2.37. The molecule has 0 bridgehead atoms. The van der Waals surface area contributed by atoms with E-state index in [0.717, 1.165) is 13.1 Å². The summed E-state index contributed by atoms with van der Waals surface area (Å²) < 4.78 is 5.82. The van der Waals surface area contributed by atoms with E-state index in [1.54, 1.807) is 5.57 Å². The van der Waals surface area contributed by atoms with E-state index < -0.39 is 0 Å². The van der Waals surface area contributed by atoms with E-state index in [2.05, 4.69) is 25.2 Å². The minimum absolute atomic E-state index is 0.403. The lowest BCUT2D eigenvalue weighted by molar-refractivity contribution is 0.0823. The van der Waals surface area contributed by atoms with Gasteiger partial charge in [-0.15, -0.1) is 0 Å². The summed E-state index contributed by atoms with van der Waals surface area (Å²) in [5.41, 5.74) is 1.60. The molecule has 0 aromatic rings. The van der Waals surface area contributed by atoms with Crippen LogP contribution in [-0.4, -0.2) is 25.3 Å². The zero-order valence-corrected chi connectivity index (χ0v) is 9.25. The SMILES string of the molecule is CC1CCC(/C=C2/CCNCC2C)O1. The van der Waals surface area contributed by atoms with Gasteiger partial charge in [0, 0.05) is 6.54 Å². The van der Waals surface area contributed by atoms with Crippen molar-refractivity contribution in [2.24, 2.45) is 5.92 Å². The van der Waals surface area contributed by atoms with Gasteiger partial charge < -0.3 is 10.1 Å². The number of ether oxygens (including phenoxy) is 1. The Morgan fingerprint density at radius 2 is 2.21 bits per heavy atom. The lowest BCUT2D eigenvalue weighted by Gasteiger charge is -2.24. The number of piperidine rings is 1. The molecule has 14 heavy (non-hydrogen) atoms. The molecule has 2 rings (SSSR count). The Morgan fingerprint density at radius 3 is 2.86 bits per heavy atom. The van der Waals surface area contributed by atoms with Crippen molar-refractivity contribution in [1.29, 1.82) is 0 Å². The summed E-state index contributed by atoms with van der Waals surface area (Å²) in [6.07, 6.45) is 6.89. The molecule has 0 aliphatic carbocycles. The zero-order valence-electron chi connectivity index (χ0n) is 9.25. The fraction of sp³-hybridized carbons (Fsp3) is 0.833. The largest absolute Gasteiger partial charge is 0.371 e. The Balaban J connectivity index is 1.95. The molecule has 3 atom stereocenters. The average molecular weight is 195 g/mol. The highest BCUT2D eigenvalue weighted by molar-refractivity contribution is 5.12. The van der Waals surface area contributed by atoms with Gasteiger partial charge in [0.1, 0.15) is 0 Å². The van der Waals surface area contributed by atoms with Crippen LogP contribution in [0.25, 0.3) is 0 Å². The molecular formula is C12H21NO. The third-order valence-electron chi connectivity index (χ3n) is 3.34. The predicted octanol–water partition coefficient (Wildman–Crippen LogP) is 2.11. The van der Waals surface area contributed by atoms with Crippen molar-refractivity contribution in [3.63, 3.8) is 0 Å². The van der Waals surface area contributed by atoms with E-state index in [0.29, 0.717) is 18.1 Å². The molecule has 2 aliphatic heterocycles. The topological polar surface area (TPSA) is 21.3 Å². The van der Waals surface area contributed by atoms with E-state index in [9.17, 15) is 0 Å². The molecule has 0 amide bonds. The molecule has 0 radical (unpaired) electrons. The molecule has 2 fully saturated rings. The number of nitrogens with one attached hydrogen (secondary N) is 1. The first-order valence-electron chi connectivity index (χ1n) is 5.82. The van der Waals surface area contributed by atoms with Gasteiger partial charge >= 0.3 is 0 Å². The van der Waals surface area contributed by atoms with Crippen molar-refractivity contribution >= 4 is 0 Å². The third-order valence-corrected chi connectivity index (χ3v) is 3.34. The molecule has 2 heteroatoms. The van der Waals surface area contributed by atoms with Crippen LogP contribution in [0.1, 0.15) is 33.1 Å². The smallest absolute Gasteiger partial charge is 0.0763 e. The van der Waals surface area contributed by atoms with Crippen molar-refractivity contribution < 1.29 is 4.74 Å². The van der Waals surface area contributed by atoms with Crippen LogP contribution in [0.4, 0.5) is 0 Å². The Kier molecular flexibility index (Phi) is 3.24. The van der Waals surface area contributed by atoms with Gasteiger partial charge in [-0.1, -0.05) is 18.6 Å². The van der Waals surface area contributed by atoms with Crippen LogP contribution >= 0.6 is 0 Å². The normalized spacial score (nSPS) is 41.9. The summed E-state index contributed by atoms with van der Waals surface area (Å²) >= 11 is 0. The van der Waals surface area contributed by atoms with E-state index in [1.807, 2.05) is 0 Å². The number of hydrogen-bond donors (Lipinski definition) is 1. The molecule has 3 unspecified atom stereocenters. The van der Waals surface area contributed by atoms with Crippen LogP contribution in [0.5, 0.6) is 0 Å². The van der Waals surface area contributed by atoms with Crippen LogP contribution < -0.4 is 5.32 Å². The second-order valence-electron chi connectivity index (χ2n) is 4.66. The Bertz CT molecular complexity index is 224. The van der Waals surface area contributed by atoms with E-state index in [-0.39, 0.29) is 0 Å². The molecule has 0 aromatic heterocycles.